The van der Waals surface area contributed by atoms with E-state index in [9.17, 15) is 4.79 Å². The van der Waals surface area contributed by atoms with Gasteiger partial charge in [-0.3, -0.25) is 4.79 Å². The van der Waals surface area contributed by atoms with Gasteiger partial charge in [-0.15, -0.1) is 0 Å². The minimum atomic E-state index is -0.00478. The molecule has 0 aliphatic heterocycles. The van der Waals surface area contributed by atoms with E-state index in [1.807, 2.05) is 55.0 Å². The van der Waals surface area contributed by atoms with Crippen LogP contribution in [0.5, 0.6) is 0 Å². The number of hydrogen-bond acceptors (Lipinski definition) is 4. The SMILES string of the molecule is CN(C)c1cccc(C(=O)NCCSCc2ccsc2)c1. The molecule has 21 heavy (non-hydrogen) atoms. The normalized spacial score (nSPS) is 10.4. The summed E-state index contributed by atoms with van der Waals surface area (Å²) < 4.78 is 0. The largest absolute Gasteiger partial charge is 0.378 e. The maximum absolute atomic E-state index is 12.1. The van der Waals surface area contributed by atoms with E-state index in [1.54, 1.807) is 11.3 Å². The summed E-state index contributed by atoms with van der Waals surface area (Å²) >= 11 is 3.56. The smallest absolute Gasteiger partial charge is 0.251 e. The Morgan fingerprint density at radius 1 is 1.33 bits per heavy atom. The number of amides is 1. The van der Waals surface area contributed by atoms with Crippen LogP contribution >= 0.6 is 23.1 Å². The number of carbonyl (C=O) groups excluding carboxylic acids is 1. The standard InChI is InChI=1S/C16H20N2OS2/c1-18(2)15-5-3-4-14(10-15)16(19)17-7-9-21-12-13-6-8-20-11-13/h3-6,8,10-11H,7,9,12H2,1-2H3,(H,17,19). The van der Waals surface area contributed by atoms with E-state index in [0.717, 1.165) is 17.2 Å². The highest BCUT2D eigenvalue weighted by molar-refractivity contribution is 7.98. The number of thioether (sulfide) groups is 1. The lowest BCUT2D eigenvalue weighted by atomic mass is 10.2. The molecule has 0 radical (unpaired) electrons. The fourth-order valence-electron chi connectivity index (χ4n) is 1.83. The number of carbonyl (C=O) groups is 1. The fraction of sp³-hybridized carbons (Fsp3) is 0.312. The summed E-state index contributed by atoms with van der Waals surface area (Å²) in [5.74, 6) is 1.93. The van der Waals surface area contributed by atoms with Gasteiger partial charge in [0.2, 0.25) is 0 Å². The molecule has 2 aromatic rings. The lowest BCUT2D eigenvalue weighted by Crippen LogP contribution is -2.26. The molecule has 1 heterocycles. The van der Waals surface area contributed by atoms with Crippen molar-refractivity contribution in [2.75, 3.05) is 31.3 Å². The molecule has 0 aliphatic rings. The first kappa shape index (κ1) is 15.9. The Bertz CT molecular complexity index is 567. The lowest BCUT2D eigenvalue weighted by Gasteiger charge is -2.13. The van der Waals surface area contributed by atoms with E-state index < -0.39 is 0 Å². The summed E-state index contributed by atoms with van der Waals surface area (Å²) in [6.45, 7) is 0.694. The number of nitrogens with one attached hydrogen (secondary N) is 1. The van der Waals surface area contributed by atoms with E-state index in [-0.39, 0.29) is 5.91 Å². The average molecular weight is 320 g/mol. The van der Waals surface area contributed by atoms with Crippen LogP contribution in [0.1, 0.15) is 15.9 Å². The monoisotopic (exact) mass is 320 g/mol. The Morgan fingerprint density at radius 2 is 2.19 bits per heavy atom. The summed E-state index contributed by atoms with van der Waals surface area (Å²) in [5.41, 5.74) is 3.11. The maximum Gasteiger partial charge on any atom is 0.251 e. The molecular formula is C16H20N2OS2. The van der Waals surface area contributed by atoms with Crippen LogP contribution in [0.4, 0.5) is 5.69 Å². The van der Waals surface area contributed by atoms with Gasteiger partial charge in [-0.2, -0.15) is 23.1 Å². The third kappa shape index (κ3) is 5.10. The van der Waals surface area contributed by atoms with Crippen molar-refractivity contribution in [2.45, 2.75) is 5.75 Å². The molecule has 2 rings (SSSR count). The summed E-state index contributed by atoms with van der Waals surface area (Å²) in [4.78, 5) is 14.1. The van der Waals surface area contributed by atoms with Crippen LogP contribution in [0.2, 0.25) is 0 Å². The van der Waals surface area contributed by atoms with Crippen molar-refractivity contribution in [3.63, 3.8) is 0 Å². The predicted octanol–water partition coefficient (Wildman–Crippen LogP) is 3.48. The molecule has 1 amide bonds. The summed E-state index contributed by atoms with van der Waals surface area (Å²) in [7, 11) is 3.94. The van der Waals surface area contributed by atoms with Gasteiger partial charge in [0.05, 0.1) is 0 Å². The van der Waals surface area contributed by atoms with Crippen molar-refractivity contribution in [3.8, 4) is 0 Å². The van der Waals surface area contributed by atoms with Crippen LogP contribution in [0.3, 0.4) is 0 Å². The maximum atomic E-state index is 12.1. The van der Waals surface area contributed by atoms with Gasteiger partial charge >= 0.3 is 0 Å². The van der Waals surface area contributed by atoms with Gasteiger partial charge < -0.3 is 10.2 Å². The molecule has 1 aromatic heterocycles. The van der Waals surface area contributed by atoms with Gasteiger partial charge in [0.25, 0.3) is 5.91 Å². The van der Waals surface area contributed by atoms with Crippen molar-refractivity contribution >= 4 is 34.7 Å². The second-order valence-electron chi connectivity index (χ2n) is 4.88. The molecule has 0 unspecified atom stereocenters. The number of rotatable bonds is 7. The molecule has 0 saturated carbocycles. The fourth-order valence-corrected chi connectivity index (χ4v) is 3.41. The van der Waals surface area contributed by atoms with Crippen LogP contribution in [0, 0.1) is 0 Å². The lowest BCUT2D eigenvalue weighted by molar-refractivity contribution is 0.0956. The third-order valence-corrected chi connectivity index (χ3v) is 4.77. The molecule has 1 N–H and O–H groups in total. The number of hydrogen-bond donors (Lipinski definition) is 1. The zero-order valence-electron chi connectivity index (χ0n) is 12.3. The third-order valence-electron chi connectivity index (χ3n) is 3.01. The van der Waals surface area contributed by atoms with Crippen molar-refractivity contribution in [1.29, 1.82) is 0 Å². The first-order chi connectivity index (χ1) is 10.2. The van der Waals surface area contributed by atoms with Crippen molar-refractivity contribution < 1.29 is 4.79 Å². The topological polar surface area (TPSA) is 32.3 Å². The van der Waals surface area contributed by atoms with Crippen LogP contribution in [-0.2, 0) is 5.75 Å². The second-order valence-corrected chi connectivity index (χ2v) is 6.77. The molecule has 0 bridgehead atoms. The van der Waals surface area contributed by atoms with Crippen LogP contribution in [-0.4, -0.2) is 32.3 Å². The van der Waals surface area contributed by atoms with Crippen LogP contribution in [0.25, 0.3) is 0 Å². The second kappa shape index (κ2) is 8.10. The zero-order chi connectivity index (χ0) is 15.1. The van der Waals surface area contributed by atoms with Gasteiger partial charge in [0.1, 0.15) is 0 Å². The molecule has 5 heteroatoms. The van der Waals surface area contributed by atoms with E-state index in [4.69, 9.17) is 0 Å². The van der Waals surface area contributed by atoms with E-state index >= 15 is 0 Å². The number of anilines is 1. The van der Waals surface area contributed by atoms with Gasteiger partial charge in [-0.1, -0.05) is 6.07 Å². The average Bonchev–Trinajstić information content (AvgIpc) is 3.00. The molecular weight excluding hydrogens is 300 g/mol. The van der Waals surface area contributed by atoms with E-state index in [0.29, 0.717) is 12.1 Å². The highest BCUT2D eigenvalue weighted by Crippen LogP contribution is 2.15. The number of thiophene rings is 1. The summed E-state index contributed by atoms with van der Waals surface area (Å²) in [6, 6.07) is 9.81. The quantitative estimate of drug-likeness (QED) is 0.793. The minimum Gasteiger partial charge on any atom is -0.378 e. The molecule has 0 fully saturated rings. The molecule has 0 spiro atoms. The first-order valence-corrected chi connectivity index (χ1v) is 8.91. The highest BCUT2D eigenvalue weighted by Gasteiger charge is 2.06. The van der Waals surface area contributed by atoms with E-state index in [1.165, 1.54) is 5.56 Å². The van der Waals surface area contributed by atoms with Gasteiger partial charge in [0, 0.05) is 43.4 Å². The molecule has 0 aliphatic carbocycles. The molecule has 0 saturated heterocycles. The first-order valence-electron chi connectivity index (χ1n) is 6.81. The highest BCUT2D eigenvalue weighted by atomic mass is 32.2. The van der Waals surface area contributed by atoms with Crippen molar-refractivity contribution in [3.05, 3.63) is 52.2 Å². The van der Waals surface area contributed by atoms with Crippen molar-refractivity contribution in [1.82, 2.24) is 5.32 Å². The molecule has 1 aromatic carbocycles. The summed E-state index contributed by atoms with van der Waals surface area (Å²) in [6.07, 6.45) is 0. The Kier molecular flexibility index (Phi) is 6.14. The zero-order valence-corrected chi connectivity index (χ0v) is 14.0. The Hall–Kier alpha value is -1.46. The Balaban J connectivity index is 1.73. The molecule has 112 valence electrons. The number of benzene rings is 1. The Morgan fingerprint density at radius 3 is 2.90 bits per heavy atom. The molecule has 0 atom stereocenters. The Labute approximate surface area is 134 Å². The number of nitrogens with zero attached hydrogens (tertiary/aromatic N) is 1. The predicted molar refractivity (Wildman–Crippen MR) is 93.6 cm³/mol. The van der Waals surface area contributed by atoms with Gasteiger partial charge in [0.15, 0.2) is 0 Å². The minimum absolute atomic E-state index is 0.00478. The van der Waals surface area contributed by atoms with Gasteiger partial charge in [-0.25, -0.2) is 0 Å². The molecule has 3 nitrogen and oxygen atoms in total. The van der Waals surface area contributed by atoms with Crippen LogP contribution < -0.4 is 10.2 Å². The summed E-state index contributed by atoms with van der Waals surface area (Å²) in [5, 5.41) is 7.23. The van der Waals surface area contributed by atoms with Crippen LogP contribution in [0.15, 0.2) is 41.1 Å². The van der Waals surface area contributed by atoms with Crippen molar-refractivity contribution in [2.24, 2.45) is 0 Å². The van der Waals surface area contributed by atoms with E-state index in [2.05, 4.69) is 22.1 Å². The van der Waals surface area contributed by atoms with Gasteiger partial charge in [-0.05, 0) is 40.6 Å².